The summed E-state index contributed by atoms with van der Waals surface area (Å²) in [5, 5.41) is 9.00. The number of benzene rings is 1. The number of nitriles is 1. The molecule has 3 nitrogen and oxygen atoms in total. The third-order valence-electron chi connectivity index (χ3n) is 3.18. The number of rotatable bonds is 8. The van der Waals surface area contributed by atoms with Crippen molar-refractivity contribution in [1.29, 1.82) is 5.26 Å². The van der Waals surface area contributed by atoms with Gasteiger partial charge in [0.15, 0.2) is 0 Å². The zero-order valence-corrected chi connectivity index (χ0v) is 13.1. The minimum atomic E-state index is 0.559. The van der Waals surface area contributed by atoms with E-state index in [-0.39, 0.29) is 0 Å². The van der Waals surface area contributed by atoms with Crippen molar-refractivity contribution in [2.24, 2.45) is 5.92 Å². The molecule has 1 rings (SSSR count). The molecule has 0 saturated heterocycles. The van der Waals surface area contributed by atoms with E-state index < -0.39 is 0 Å². The van der Waals surface area contributed by atoms with E-state index >= 15 is 0 Å². The topological polar surface area (TPSA) is 36.3 Å². The van der Waals surface area contributed by atoms with Gasteiger partial charge in [0.05, 0.1) is 12.2 Å². The first-order valence-corrected chi connectivity index (χ1v) is 7.40. The highest BCUT2D eigenvalue weighted by Crippen LogP contribution is 2.16. The van der Waals surface area contributed by atoms with Crippen LogP contribution in [-0.2, 0) is 0 Å². The Bertz CT molecular complexity index is 435. The number of hydrogen-bond acceptors (Lipinski definition) is 3. The lowest BCUT2D eigenvalue weighted by Gasteiger charge is -2.28. The first kappa shape index (κ1) is 16.5. The molecule has 0 bridgehead atoms. The smallest absolute Gasteiger partial charge is 0.137 e. The number of nitrogens with zero attached hydrogens (tertiary/aromatic N) is 2. The summed E-state index contributed by atoms with van der Waals surface area (Å²) in [6, 6.07) is 10.1. The van der Waals surface area contributed by atoms with Crippen molar-refractivity contribution in [3.8, 4) is 11.8 Å². The van der Waals surface area contributed by atoms with E-state index in [4.69, 9.17) is 10.00 Å². The quantitative estimate of drug-likeness (QED) is 0.678. The maximum atomic E-state index is 9.00. The lowest BCUT2D eigenvalue weighted by molar-refractivity contribution is 0.179. The Hall–Kier alpha value is -1.53. The van der Waals surface area contributed by atoms with Crippen molar-refractivity contribution in [1.82, 2.24) is 4.90 Å². The molecule has 0 unspecified atom stereocenters. The summed E-state index contributed by atoms with van der Waals surface area (Å²) in [6.07, 6.45) is 0.977. The molecule has 1 aromatic carbocycles. The van der Waals surface area contributed by atoms with E-state index in [2.05, 4.69) is 38.7 Å². The molecule has 3 heteroatoms. The van der Waals surface area contributed by atoms with E-state index in [1.54, 1.807) is 6.07 Å². The van der Waals surface area contributed by atoms with Gasteiger partial charge in [-0.05, 0) is 38.3 Å². The first-order chi connectivity index (χ1) is 9.54. The van der Waals surface area contributed by atoms with E-state index in [9.17, 15) is 0 Å². The molecular formula is C17H26N2O. The molecule has 20 heavy (non-hydrogen) atoms. The fraction of sp³-hybridized carbons (Fsp3) is 0.588. The Morgan fingerprint density at radius 2 is 1.90 bits per heavy atom. The fourth-order valence-electron chi connectivity index (χ4n) is 2.16. The fourth-order valence-corrected chi connectivity index (χ4v) is 2.16. The zero-order valence-electron chi connectivity index (χ0n) is 13.1. The van der Waals surface area contributed by atoms with E-state index in [0.717, 1.165) is 19.5 Å². The van der Waals surface area contributed by atoms with Crippen molar-refractivity contribution in [2.45, 2.75) is 40.2 Å². The number of ether oxygens (including phenoxy) is 1. The van der Waals surface area contributed by atoms with Crippen LogP contribution in [0.1, 0.15) is 39.7 Å². The molecule has 110 valence electrons. The largest absolute Gasteiger partial charge is 0.492 e. The molecule has 0 radical (unpaired) electrons. The van der Waals surface area contributed by atoms with Crippen molar-refractivity contribution in [3.63, 3.8) is 0 Å². The highest BCUT2D eigenvalue weighted by Gasteiger charge is 2.11. The van der Waals surface area contributed by atoms with Crippen LogP contribution >= 0.6 is 0 Å². The summed E-state index contributed by atoms with van der Waals surface area (Å²) in [5.74, 6) is 1.37. The Morgan fingerprint density at radius 3 is 2.50 bits per heavy atom. The van der Waals surface area contributed by atoms with Gasteiger partial charge in [0.2, 0.25) is 0 Å². The second-order valence-corrected chi connectivity index (χ2v) is 5.79. The van der Waals surface area contributed by atoms with Gasteiger partial charge in [-0.25, -0.2) is 0 Å². The maximum absolute atomic E-state index is 9.00. The van der Waals surface area contributed by atoms with Gasteiger partial charge >= 0.3 is 0 Å². The summed E-state index contributed by atoms with van der Waals surface area (Å²) in [7, 11) is 0. The van der Waals surface area contributed by atoms with Crippen molar-refractivity contribution < 1.29 is 4.74 Å². The molecule has 0 aromatic heterocycles. The molecule has 0 amide bonds. The van der Waals surface area contributed by atoms with Crippen LogP contribution in [0.25, 0.3) is 0 Å². The molecule has 0 spiro atoms. The summed E-state index contributed by atoms with van der Waals surface area (Å²) in [5.41, 5.74) is 0.607. The summed E-state index contributed by atoms with van der Waals surface area (Å²) in [6.45, 7) is 11.8. The van der Waals surface area contributed by atoms with Gasteiger partial charge in [-0.2, -0.15) is 5.26 Å². The lowest BCUT2D eigenvalue weighted by Crippen LogP contribution is -2.35. The van der Waals surface area contributed by atoms with Gasteiger partial charge in [0, 0.05) is 19.1 Å². The molecule has 0 aliphatic heterocycles. The van der Waals surface area contributed by atoms with Crippen LogP contribution in [0, 0.1) is 17.2 Å². The molecule has 0 N–H and O–H groups in total. The molecule has 0 aliphatic rings. The third kappa shape index (κ3) is 5.63. The van der Waals surface area contributed by atoms with Gasteiger partial charge in [0.1, 0.15) is 11.8 Å². The van der Waals surface area contributed by atoms with Gasteiger partial charge in [-0.15, -0.1) is 0 Å². The van der Waals surface area contributed by atoms with Crippen LogP contribution in [0.15, 0.2) is 24.3 Å². The van der Waals surface area contributed by atoms with Crippen molar-refractivity contribution in [3.05, 3.63) is 29.8 Å². The normalized spacial score (nSPS) is 11.1. The van der Waals surface area contributed by atoms with Crippen LogP contribution < -0.4 is 4.74 Å². The van der Waals surface area contributed by atoms with Gasteiger partial charge in [-0.3, -0.25) is 0 Å². The van der Waals surface area contributed by atoms with Crippen LogP contribution in [0.4, 0.5) is 0 Å². The van der Waals surface area contributed by atoms with Crippen LogP contribution in [-0.4, -0.2) is 30.6 Å². The molecule has 0 fully saturated rings. The lowest BCUT2D eigenvalue weighted by atomic mass is 10.1. The predicted octanol–water partition coefficient (Wildman–Crippen LogP) is 3.69. The van der Waals surface area contributed by atoms with E-state index in [0.29, 0.717) is 29.9 Å². The Kier molecular flexibility index (Phi) is 7.11. The Labute approximate surface area is 123 Å². The van der Waals surface area contributed by atoms with Crippen LogP contribution in [0.2, 0.25) is 0 Å². The summed E-state index contributed by atoms with van der Waals surface area (Å²) in [4.78, 5) is 2.48. The zero-order chi connectivity index (χ0) is 15.0. The van der Waals surface area contributed by atoms with Gasteiger partial charge in [0.25, 0.3) is 0 Å². The van der Waals surface area contributed by atoms with E-state index in [1.807, 2.05) is 18.2 Å². The SMILES string of the molecule is CC(C)CN(CCCOc1ccccc1C#N)C(C)C. The van der Waals surface area contributed by atoms with Crippen LogP contribution in [0.5, 0.6) is 5.75 Å². The first-order valence-electron chi connectivity index (χ1n) is 7.40. The number of para-hydroxylation sites is 1. The second-order valence-electron chi connectivity index (χ2n) is 5.79. The standard InChI is InChI=1S/C17H26N2O/c1-14(2)13-19(15(3)4)10-7-11-20-17-9-6-5-8-16(17)12-18/h5-6,8-9,14-15H,7,10-11,13H2,1-4H3. The molecular weight excluding hydrogens is 248 g/mol. The summed E-state index contributed by atoms with van der Waals surface area (Å²) < 4.78 is 5.71. The molecule has 0 saturated carbocycles. The summed E-state index contributed by atoms with van der Waals surface area (Å²) >= 11 is 0. The predicted molar refractivity (Wildman–Crippen MR) is 82.8 cm³/mol. The maximum Gasteiger partial charge on any atom is 0.137 e. The Morgan fingerprint density at radius 1 is 1.20 bits per heavy atom. The minimum absolute atomic E-state index is 0.559. The Balaban J connectivity index is 2.38. The van der Waals surface area contributed by atoms with Gasteiger partial charge in [-0.1, -0.05) is 26.0 Å². The highest BCUT2D eigenvalue weighted by atomic mass is 16.5. The monoisotopic (exact) mass is 274 g/mol. The average molecular weight is 274 g/mol. The highest BCUT2D eigenvalue weighted by molar-refractivity contribution is 5.42. The molecule has 0 atom stereocenters. The second kappa shape index (κ2) is 8.60. The molecule has 0 heterocycles. The van der Waals surface area contributed by atoms with Crippen molar-refractivity contribution >= 4 is 0 Å². The van der Waals surface area contributed by atoms with Gasteiger partial charge < -0.3 is 9.64 Å². The molecule has 1 aromatic rings. The number of hydrogen-bond donors (Lipinski definition) is 0. The van der Waals surface area contributed by atoms with Crippen LogP contribution in [0.3, 0.4) is 0 Å². The molecule has 0 aliphatic carbocycles. The third-order valence-corrected chi connectivity index (χ3v) is 3.18. The van der Waals surface area contributed by atoms with Crippen molar-refractivity contribution in [2.75, 3.05) is 19.7 Å². The van der Waals surface area contributed by atoms with E-state index in [1.165, 1.54) is 0 Å². The minimum Gasteiger partial charge on any atom is -0.492 e. The average Bonchev–Trinajstić information content (AvgIpc) is 2.42.